The summed E-state index contributed by atoms with van der Waals surface area (Å²) >= 11 is 0. The zero-order valence-electron chi connectivity index (χ0n) is 9.25. The van der Waals surface area contributed by atoms with Crippen molar-refractivity contribution in [1.82, 2.24) is 5.32 Å². The van der Waals surface area contributed by atoms with Gasteiger partial charge in [0.05, 0.1) is 10.6 Å². The predicted octanol–water partition coefficient (Wildman–Crippen LogP) is 1.18. The first-order valence-electron chi connectivity index (χ1n) is 5.45. The molecule has 18 heavy (non-hydrogen) atoms. The highest BCUT2D eigenvalue weighted by Crippen LogP contribution is 2.42. The van der Waals surface area contributed by atoms with Crippen LogP contribution in [0.2, 0.25) is 0 Å². The summed E-state index contributed by atoms with van der Waals surface area (Å²) in [5.74, 6) is -0.277. The van der Waals surface area contributed by atoms with Crippen LogP contribution < -0.4 is 10.2 Å². The quantitative estimate of drug-likeness (QED) is 0.482. The molecular formula is C11H9N3O4. The molecule has 3 rings (SSSR count). The first-order chi connectivity index (χ1) is 8.53. The predicted molar refractivity (Wildman–Crippen MR) is 61.1 cm³/mol. The molecule has 1 N–H and O–H groups in total. The highest BCUT2D eigenvalue weighted by atomic mass is 16.6. The number of urea groups is 1. The fraction of sp³-hybridized carbons (Fsp3) is 0.273. The molecule has 1 saturated carbocycles. The van der Waals surface area contributed by atoms with Crippen molar-refractivity contribution in [2.45, 2.75) is 18.4 Å². The standard InChI is InChI=1S/C11H9N3O4/c15-9-11(5-6-11)12-10(16)13(9)7-1-3-8(4-2-7)14(17)18/h1-4H,5-6H2,(H,12,16). The van der Waals surface area contributed by atoms with Gasteiger partial charge in [-0.2, -0.15) is 0 Å². The number of carbonyl (C=O) groups is 2. The molecule has 0 unspecified atom stereocenters. The maximum absolute atomic E-state index is 12.0. The van der Waals surface area contributed by atoms with Gasteiger partial charge in [-0.05, 0) is 25.0 Å². The van der Waals surface area contributed by atoms with Crippen LogP contribution in [-0.4, -0.2) is 22.4 Å². The maximum Gasteiger partial charge on any atom is 0.329 e. The Morgan fingerprint density at radius 3 is 2.28 bits per heavy atom. The lowest BCUT2D eigenvalue weighted by Gasteiger charge is -2.12. The number of rotatable bonds is 2. The van der Waals surface area contributed by atoms with Crippen molar-refractivity contribution in [3.63, 3.8) is 0 Å². The minimum atomic E-state index is -0.709. The van der Waals surface area contributed by atoms with E-state index in [0.29, 0.717) is 18.5 Å². The van der Waals surface area contributed by atoms with Crippen LogP contribution in [0.3, 0.4) is 0 Å². The van der Waals surface area contributed by atoms with Crippen LogP contribution in [0.4, 0.5) is 16.2 Å². The van der Waals surface area contributed by atoms with Gasteiger partial charge in [0.1, 0.15) is 5.54 Å². The summed E-state index contributed by atoms with van der Waals surface area (Å²) in [5, 5.41) is 13.2. The molecule has 1 aromatic carbocycles. The number of amides is 3. The SMILES string of the molecule is O=C1NC2(CC2)C(=O)N1c1ccc([N+](=O)[O-])cc1. The summed E-state index contributed by atoms with van der Waals surface area (Å²) in [5.41, 5.74) is -0.433. The fourth-order valence-corrected chi connectivity index (χ4v) is 2.04. The van der Waals surface area contributed by atoms with Crippen molar-refractivity contribution in [2.75, 3.05) is 4.90 Å². The Hall–Kier alpha value is -2.44. The molecule has 3 amide bonds. The van der Waals surface area contributed by atoms with Crippen molar-refractivity contribution in [3.05, 3.63) is 34.4 Å². The van der Waals surface area contributed by atoms with E-state index in [1.54, 1.807) is 0 Å². The van der Waals surface area contributed by atoms with E-state index in [-0.39, 0.29) is 11.6 Å². The smallest absolute Gasteiger partial charge is 0.323 e. The van der Waals surface area contributed by atoms with Gasteiger partial charge in [0.25, 0.3) is 11.6 Å². The molecule has 1 saturated heterocycles. The molecule has 7 nitrogen and oxygen atoms in total. The number of nitro benzene ring substituents is 1. The van der Waals surface area contributed by atoms with Crippen LogP contribution in [0.1, 0.15) is 12.8 Å². The second-order valence-corrected chi connectivity index (χ2v) is 4.43. The monoisotopic (exact) mass is 247 g/mol. The van der Waals surface area contributed by atoms with Crippen LogP contribution in [0.15, 0.2) is 24.3 Å². The van der Waals surface area contributed by atoms with Crippen LogP contribution in [0.5, 0.6) is 0 Å². The molecule has 7 heteroatoms. The molecular weight excluding hydrogens is 238 g/mol. The molecule has 0 aromatic heterocycles. The Morgan fingerprint density at radius 2 is 1.83 bits per heavy atom. The summed E-state index contributed by atoms with van der Waals surface area (Å²) in [7, 11) is 0. The summed E-state index contributed by atoms with van der Waals surface area (Å²) in [6.45, 7) is 0. The van der Waals surface area contributed by atoms with Crippen molar-refractivity contribution in [3.8, 4) is 0 Å². The van der Waals surface area contributed by atoms with Gasteiger partial charge in [-0.15, -0.1) is 0 Å². The maximum atomic E-state index is 12.0. The first kappa shape index (κ1) is 10.7. The Bertz CT molecular complexity index is 562. The lowest BCUT2D eigenvalue weighted by molar-refractivity contribution is -0.384. The third-order valence-electron chi connectivity index (χ3n) is 3.23. The van der Waals surface area contributed by atoms with Crippen LogP contribution >= 0.6 is 0 Å². The number of anilines is 1. The van der Waals surface area contributed by atoms with Gasteiger partial charge >= 0.3 is 6.03 Å². The van der Waals surface area contributed by atoms with Gasteiger partial charge in [-0.25, -0.2) is 9.69 Å². The second kappa shape index (κ2) is 3.28. The third-order valence-corrected chi connectivity index (χ3v) is 3.23. The molecule has 2 fully saturated rings. The van der Waals surface area contributed by atoms with Gasteiger partial charge in [-0.1, -0.05) is 0 Å². The van der Waals surface area contributed by atoms with Crippen LogP contribution in [0.25, 0.3) is 0 Å². The van der Waals surface area contributed by atoms with Gasteiger partial charge in [0.15, 0.2) is 0 Å². The largest absolute Gasteiger partial charge is 0.329 e. The van der Waals surface area contributed by atoms with Crippen molar-refractivity contribution >= 4 is 23.3 Å². The lowest BCUT2D eigenvalue weighted by Crippen LogP contribution is -2.32. The van der Waals surface area contributed by atoms with Crippen LogP contribution in [-0.2, 0) is 4.79 Å². The number of nitrogens with one attached hydrogen (secondary N) is 1. The van der Waals surface area contributed by atoms with E-state index in [2.05, 4.69) is 5.32 Å². The highest BCUT2D eigenvalue weighted by molar-refractivity contribution is 6.24. The summed E-state index contributed by atoms with van der Waals surface area (Å²) < 4.78 is 0. The zero-order chi connectivity index (χ0) is 12.9. The van der Waals surface area contributed by atoms with Crippen LogP contribution in [0, 0.1) is 10.1 Å². The molecule has 2 aliphatic rings. The highest BCUT2D eigenvalue weighted by Gasteiger charge is 2.59. The summed E-state index contributed by atoms with van der Waals surface area (Å²) in [6.07, 6.45) is 1.31. The fourth-order valence-electron chi connectivity index (χ4n) is 2.04. The molecule has 92 valence electrons. The molecule has 1 aliphatic heterocycles. The number of nitrogens with zero attached hydrogens (tertiary/aromatic N) is 2. The average Bonchev–Trinajstić information content (AvgIpc) is 3.05. The molecule has 0 radical (unpaired) electrons. The molecule has 1 aromatic rings. The Morgan fingerprint density at radius 1 is 1.22 bits per heavy atom. The number of nitro groups is 1. The van der Waals surface area contributed by atoms with E-state index in [4.69, 9.17) is 0 Å². The minimum Gasteiger partial charge on any atom is -0.323 e. The number of benzene rings is 1. The normalized spacial score (nSPS) is 20.1. The Labute approximate surface area is 102 Å². The molecule has 0 bridgehead atoms. The topological polar surface area (TPSA) is 92.6 Å². The van der Waals surface area contributed by atoms with E-state index in [9.17, 15) is 19.7 Å². The van der Waals surface area contributed by atoms with E-state index in [0.717, 1.165) is 4.90 Å². The van der Waals surface area contributed by atoms with Gasteiger partial charge in [0.2, 0.25) is 0 Å². The van der Waals surface area contributed by atoms with E-state index in [1.165, 1.54) is 24.3 Å². The average molecular weight is 247 g/mol. The zero-order valence-corrected chi connectivity index (χ0v) is 9.25. The molecule has 0 atom stereocenters. The van der Waals surface area contributed by atoms with Crippen molar-refractivity contribution in [2.24, 2.45) is 0 Å². The number of hydrogen-bond donors (Lipinski definition) is 1. The van der Waals surface area contributed by atoms with Gasteiger partial charge < -0.3 is 5.32 Å². The first-order valence-corrected chi connectivity index (χ1v) is 5.45. The number of hydrogen-bond acceptors (Lipinski definition) is 4. The Kier molecular flexibility index (Phi) is 1.95. The second-order valence-electron chi connectivity index (χ2n) is 4.43. The van der Waals surface area contributed by atoms with Gasteiger partial charge in [-0.3, -0.25) is 14.9 Å². The van der Waals surface area contributed by atoms with E-state index < -0.39 is 16.5 Å². The molecule has 1 heterocycles. The lowest BCUT2D eigenvalue weighted by atomic mass is 10.2. The minimum absolute atomic E-state index is 0.0769. The Balaban J connectivity index is 1.93. The number of carbonyl (C=O) groups excluding carboxylic acids is 2. The number of imide groups is 1. The molecule has 1 aliphatic carbocycles. The van der Waals surface area contributed by atoms with E-state index >= 15 is 0 Å². The van der Waals surface area contributed by atoms with Crippen molar-refractivity contribution in [1.29, 1.82) is 0 Å². The molecule has 1 spiro atoms. The third kappa shape index (κ3) is 1.37. The summed E-state index contributed by atoms with van der Waals surface area (Å²) in [4.78, 5) is 34.8. The summed E-state index contributed by atoms with van der Waals surface area (Å²) in [6, 6.07) is 4.88. The van der Waals surface area contributed by atoms with E-state index in [1.807, 2.05) is 0 Å². The van der Waals surface area contributed by atoms with Crippen molar-refractivity contribution < 1.29 is 14.5 Å². The number of non-ortho nitro benzene ring substituents is 1. The van der Waals surface area contributed by atoms with Gasteiger partial charge in [0, 0.05) is 12.1 Å².